The molecule has 1 aliphatic rings. The Labute approximate surface area is 185 Å². The van der Waals surface area contributed by atoms with Gasteiger partial charge in [-0.1, -0.05) is 6.07 Å². The lowest BCUT2D eigenvalue weighted by molar-refractivity contribution is -0.155. The summed E-state index contributed by atoms with van der Waals surface area (Å²) < 4.78 is 19.8. The minimum Gasteiger partial charge on any atom is -0.460 e. The first kappa shape index (κ1) is 23.3. The van der Waals surface area contributed by atoms with Crippen molar-refractivity contribution in [2.75, 3.05) is 0 Å². The van der Waals surface area contributed by atoms with Crippen molar-refractivity contribution in [3.05, 3.63) is 53.0 Å². The first-order chi connectivity index (χ1) is 15.0. The van der Waals surface area contributed by atoms with Gasteiger partial charge in [-0.2, -0.15) is 0 Å². The number of carbonyl (C=O) groups excluding carboxylic acids is 3. The van der Waals surface area contributed by atoms with Crippen molar-refractivity contribution in [1.82, 2.24) is 9.88 Å². The van der Waals surface area contributed by atoms with Crippen LogP contribution in [0.3, 0.4) is 0 Å². The number of fused-ring (bicyclic) bond motifs is 1. The number of halogens is 1. The number of benzene rings is 1. The molecule has 0 spiro atoms. The molecule has 0 saturated carbocycles. The number of carbonyl (C=O) groups is 3. The molecule has 1 aromatic carbocycles. The SMILES string of the molecule is CC(C)(C)OC(=O)CC[C@@H](C(N)=O)N1Cc2cc(-c3nccc(CO)c3F)ccc2C1=O. The monoisotopic (exact) mass is 443 g/mol. The van der Waals surface area contributed by atoms with E-state index >= 15 is 0 Å². The molecule has 8 nitrogen and oxygen atoms in total. The molecule has 0 aliphatic carbocycles. The maximum atomic E-state index is 14.6. The number of esters is 1. The highest BCUT2D eigenvalue weighted by Crippen LogP contribution is 2.31. The van der Waals surface area contributed by atoms with Crippen LogP contribution in [0.5, 0.6) is 0 Å². The van der Waals surface area contributed by atoms with Gasteiger partial charge in [0.1, 0.15) is 17.3 Å². The van der Waals surface area contributed by atoms with Crippen LogP contribution in [0.1, 0.15) is 55.1 Å². The standard InChI is InChI=1S/C23H26FN3O5/c1-23(2,3)32-18(29)7-6-17(21(25)30)27-11-15-10-13(4-5-16(15)22(27)31)20-19(24)14(12-28)8-9-26-20/h4-5,8-10,17,28H,6-7,11-12H2,1-3H3,(H2,25,30)/t17-/m0/s1. The van der Waals surface area contributed by atoms with Crippen molar-refractivity contribution in [2.45, 2.75) is 58.4 Å². The van der Waals surface area contributed by atoms with Crippen molar-refractivity contribution < 1.29 is 28.6 Å². The van der Waals surface area contributed by atoms with E-state index in [1.165, 1.54) is 17.2 Å². The van der Waals surface area contributed by atoms with Gasteiger partial charge in [0.2, 0.25) is 5.91 Å². The average Bonchev–Trinajstić information content (AvgIpc) is 3.02. The molecule has 3 N–H and O–H groups in total. The predicted octanol–water partition coefficient (Wildman–Crippen LogP) is 2.31. The topological polar surface area (TPSA) is 123 Å². The smallest absolute Gasteiger partial charge is 0.306 e. The van der Waals surface area contributed by atoms with Gasteiger partial charge in [-0.3, -0.25) is 19.4 Å². The van der Waals surface area contributed by atoms with Crippen LogP contribution in [0.25, 0.3) is 11.3 Å². The van der Waals surface area contributed by atoms with Crippen LogP contribution in [-0.4, -0.2) is 44.4 Å². The maximum absolute atomic E-state index is 14.6. The molecule has 0 fully saturated rings. The summed E-state index contributed by atoms with van der Waals surface area (Å²) in [5, 5.41) is 9.28. The zero-order chi connectivity index (χ0) is 23.6. The fourth-order valence-electron chi connectivity index (χ4n) is 3.65. The number of nitrogens with two attached hydrogens (primary N) is 1. The second-order valence-electron chi connectivity index (χ2n) is 8.64. The summed E-state index contributed by atoms with van der Waals surface area (Å²) in [7, 11) is 0. The lowest BCUT2D eigenvalue weighted by Gasteiger charge is -2.25. The highest BCUT2D eigenvalue weighted by atomic mass is 19.1. The number of hydrogen-bond acceptors (Lipinski definition) is 6. The van der Waals surface area contributed by atoms with Gasteiger partial charge in [-0.05, 0) is 51.0 Å². The summed E-state index contributed by atoms with van der Waals surface area (Å²) >= 11 is 0. The number of ether oxygens (including phenoxy) is 1. The molecule has 0 saturated heterocycles. The highest BCUT2D eigenvalue weighted by molar-refractivity contribution is 6.01. The number of primary amides is 1. The molecule has 1 aliphatic heterocycles. The molecule has 2 aromatic rings. The first-order valence-electron chi connectivity index (χ1n) is 10.2. The van der Waals surface area contributed by atoms with E-state index < -0.39 is 41.9 Å². The molecule has 2 amide bonds. The molecule has 2 heterocycles. The van der Waals surface area contributed by atoms with E-state index in [2.05, 4.69) is 4.98 Å². The van der Waals surface area contributed by atoms with Crippen LogP contribution in [0.4, 0.5) is 4.39 Å². The Hall–Kier alpha value is -3.33. The van der Waals surface area contributed by atoms with Gasteiger partial charge < -0.3 is 20.5 Å². The highest BCUT2D eigenvalue weighted by Gasteiger charge is 2.36. The van der Waals surface area contributed by atoms with Gasteiger partial charge in [0, 0.05) is 35.9 Å². The molecular formula is C23H26FN3O5. The van der Waals surface area contributed by atoms with Crippen LogP contribution in [-0.2, 0) is 27.5 Å². The van der Waals surface area contributed by atoms with Gasteiger partial charge in [0.05, 0.1) is 6.61 Å². The van der Waals surface area contributed by atoms with Crippen molar-refractivity contribution in [1.29, 1.82) is 0 Å². The van der Waals surface area contributed by atoms with Gasteiger partial charge in [0.25, 0.3) is 5.91 Å². The van der Waals surface area contributed by atoms with Crippen LogP contribution < -0.4 is 5.73 Å². The average molecular weight is 443 g/mol. The minimum atomic E-state index is -0.988. The number of nitrogens with zero attached hydrogens (tertiary/aromatic N) is 2. The van der Waals surface area contributed by atoms with Crippen LogP contribution in [0.2, 0.25) is 0 Å². The molecular weight excluding hydrogens is 417 g/mol. The summed E-state index contributed by atoms with van der Waals surface area (Å²) in [6, 6.07) is 5.14. The summed E-state index contributed by atoms with van der Waals surface area (Å²) in [5.41, 5.74) is 6.44. The number of aromatic nitrogens is 1. The first-order valence-corrected chi connectivity index (χ1v) is 10.2. The third kappa shape index (κ3) is 4.94. The lowest BCUT2D eigenvalue weighted by atomic mass is 10.0. The van der Waals surface area contributed by atoms with Gasteiger partial charge in [-0.15, -0.1) is 0 Å². The van der Waals surface area contributed by atoms with Gasteiger partial charge >= 0.3 is 5.97 Å². The van der Waals surface area contributed by atoms with Gasteiger partial charge in [-0.25, -0.2) is 4.39 Å². The molecule has 0 bridgehead atoms. The molecule has 1 atom stereocenters. The number of amides is 2. The van der Waals surface area contributed by atoms with Crippen LogP contribution >= 0.6 is 0 Å². The maximum Gasteiger partial charge on any atom is 0.306 e. The Balaban J connectivity index is 1.81. The molecule has 1 aromatic heterocycles. The zero-order valence-electron chi connectivity index (χ0n) is 18.2. The van der Waals surface area contributed by atoms with E-state index in [-0.39, 0.29) is 30.6 Å². The molecule has 3 rings (SSSR count). The number of rotatable bonds is 7. The third-order valence-electron chi connectivity index (χ3n) is 5.10. The minimum absolute atomic E-state index is 0.0333. The van der Waals surface area contributed by atoms with Crippen molar-refractivity contribution in [3.63, 3.8) is 0 Å². The second-order valence-corrected chi connectivity index (χ2v) is 8.64. The molecule has 32 heavy (non-hydrogen) atoms. The Morgan fingerprint density at radius 2 is 2.03 bits per heavy atom. The number of pyridine rings is 1. The lowest BCUT2D eigenvalue weighted by Crippen LogP contribution is -2.45. The molecule has 170 valence electrons. The van der Waals surface area contributed by atoms with Crippen molar-refractivity contribution >= 4 is 17.8 Å². The normalized spacial score (nSPS) is 14.3. The van der Waals surface area contributed by atoms with Crippen LogP contribution in [0, 0.1) is 5.82 Å². The Kier molecular flexibility index (Phi) is 6.59. The van der Waals surface area contributed by atoms with Crippen molar-refractivity contribution in [2.24, 2.45) is 5.73 Å². The van der Waals surface area contributed by atoms with Gasteiger partial charge in [0.15, 0.2) is 5.82 Å². The third-order valence-corrected chi connectivity index (χ3v) is 5.10. The predicted molar refractivity (Wildman–Crippen MR) is 113 cm³/mol. The Morgan fingerprint density at radius 1 is 1.31 bits per heavy atom. The summed E-state index contributed by atoms with van der Waals surface area (Å²) in [6.07, 6.45) is 1.36. The van der Waals surface area contributed by atoms with E-state index in [0.717, 1.165) is 0 Å². The molecule has 0 radical (unpaired) electrons. The largest absolute Gasteiger partial charge is 0.460 e. The summed E-state index contributed by atoms with van der Waals surface area (Å²) in [5.74, 6) is -2.24. The molecule has 0 unspecified atom stereocenters. The zero-order valence-corrected chi connectivity index (χ0v) is 18.2. The van der Waals surface area contributed by atoms with E-state index in [4.69, 9.17) is 10.5 Å². The van der Waals surface area contributed by atoms with Crippen LogP contribution in [0.15, 0.2) is 30.5 Å². The van der Waals surface area contributed by atoms with E-state index in [1.807, 2.05) is 0 Å². The number of hydrogen-bond donors (Lipinski definition) is 2. The second kappa shape index (κ2) is 9.04. The van der Waals surface area contributed by atoms with Crippen molar-refractivity contribution in [3.8, 4) is 11.3 Å². The quantitative estimate of drug-likeness (QED) is 0.633. The van der Waals surface area contributed by atoms with E-state index in [9.17, 15) is 23.9 Å². The fraction of sp³-hybridized carbons (Fsp3) is 0.391. The Morgan fingerprint density at radius 3 is 2.66 bits per heavy atom. The Bertz CT molecular complexity index is 1060. The van der Waals surface area contributed by atoms with E-state index in [0.29, 0.717) is 16.7 Å². The molecule has 9 heteroatoms. The summed E-state index contributed by atoms with van der Waals surface area (Å²) in [4.78, 5) is 42.4. The number of aliphatic hydroxyl groups is 1. The number of aliphatic hydroxyl groups excluding tert-OH is 1. The van der Waals surface area contributed by atoms with E-state index in [1.54, 1.807) is 39.0 Å². The summed E-state index contributed by atoms with van der Waals surface area (Å²) in [6.45, 7) is 4.84. The fourth-order valence-corrected chi connectivity index (χ4v) is 3.65.